The number of rotatable bonds is 4. The maximum Gasteiger partial charge on any atom is 0.0650 e. The fourth-order valence-corrected chi connectivity index (χ4v) is 1.50. The third-order valence-corrected chi connectivity index (χ3v) is 2.48. The van der Waals surface area contributed by atoms with Crippen LogP contribution in [0.4, 0.5) is 0 Å². The third kappa shape index (κ3) is 2.46. The number of aromatic amines is 2. The Morgan fingerprint density at radius 3 is 2.80 bits per heavy atom. The minimum absolute atomic E-state index is 0.490. The first-order valence-electron chi connectivity index (χ1n) is 5.27. The Labute approximate surface area is 89.1 Å². The molecule has 0 spiro atoms. The number of H-pyrrole nitrogens is 2. The van der Waals surface area contributed by atoms with Crippen molar-refractivity contribution in [1.29, 1.82) is 0 Å². The first-order valence-corrected chi connectivity index (χ1v) is 5.27. The van der Waals surface area contributed by atoms with Crippen LogP contribution >= 0.6 is 0 Å². The molecule has 2 aromatic rings. The molecule has 80 valence electrons. The molecule has 0 radical (unpaired) electrons. The number of aromatic nitrogens is 4. The minimum atomic E-state index is 0.490. The van der Waals surface area contributed by atoms with Crippen molar-refractivity contribution in [2.45, 2.75) is 32.6 Å². The molecule has 0 aromatic carbocycles. The highest BCUT2D eigenvalue weighted by Crippen LogP contribution is 2.13. The molecule has 0 unspecified atom stereocenters. The van der Waals surface area contributed by atoms with Gasteiger partial charge in [-0.1, -0.05) is 13.8 Å². The zero-order chi connectivity index (χ0) is 10.7. The summed E-state index contributed by atoms with van der Waals surface area (Å²) in [6.45, 7) is 4.30. The lowest BCUT2D eigenvalue weighted by atomic mass is 10.1. The molecular formula is C11H16N4. The topological polar surface area (TPSA) is 57.4 Å². The maximum absolute atomic E-state index is 4.27. The second-order valence-electron chi connectivity index (χ2n) is 4.08. The average molecular weight is 204 g/mol. The van der Waals surface area contributed by atoms with E-state index in [0.717, 1.165) is 18.5 Å². The van der Waals surface area contributed by atoms with Gasteiger partial charge < -0.3 is 0 Å². The Hall–Kier alpha value is -1.58. The summed E-state index contributed by atoms with van der Waals surface area (Å²) in [7, 11) is 0. The number of nitrogens with zero attached hydrogens (tertiary/aromatic N) is 2. The Morgan fingerprint density at radius 1 is 1.33 bits per heavy atom. The zero-order valence-corrected chi connectivity index (χ0v) is 9.12. The Bertz CT molecular complexity index is 400. The van der Waals surface area contributed by atoms with Gasteiger partial charge in [0, 0.05) is 11.9 Å². The molecule has 2 heterocycles. The average Bonchev–Trinajstić information content (AvgIpc) is 2.86. The van der Waals surface area contributed by atoms with E-state index < -0.39 is 0 Å². The Balaban J connectivity index is 1.94. The van der Waals surface area contributed by atoms with Gasteiger partial charge >= 0.3 is 0 Å². The Kier molecular flexibility index (Phi) is 2.85. The number of hydrogen-bond donors (Lipinski definition) is 2. The van der Waals surface area contributed by atoms with Crippen molar-refractivity contribution < 1.29 is 0 Å². The van der Waals surface area contributed by atoms with E-state index in [1.54, 1.807) is 0 Å². The highest BCUT2D eigenvalue weighted by molar-refractivity contribution is 5.14. The third-order valence-electron chi connectivity index (χ3n) is 2.48. The number of nitrogens with one attached hydrogen (secondary N) is 2. The molecule has 2 N–H and O–H groups in total. The first-order chi connectivity index (χ1) is 7.25. The summed E-state index contributed by atoms with van der Waals surface area (Å²) >= 11 is 0. The van der Waals surface area contributed by atoms with Crippen LogP contribution in [-0.4, -0.2) is 20.4 Å². The maximum atomic E-state index is 4.27. The van der Waals surface area contributed by atoms with Gasteiger partial charge in [0.1, 0.15) is 0 Å². The normalized spacial score (nSPS) is 11.1. The molecule has 0 fully saturated rings. The molecule has 0 amide bonds. The lowest BCUT2D eigenvalue weighted by Crippen LogP contribution is -1.89. The van der Waals surface area contributed by atoms with Crippen LogP contribution < -0.4 is 0 Å². The monoisotopic (exact) mass is 204 g/mol. The van der Waals surface area contributed by atoms with E-state index >= 15 is 0 Å². The van der Waals surface area contributed by atoms with Crippen molar-refractivity contribution >= 4 is 0 Å². The predicted octanol–water partition coefficient (Wildman–Crippen LogP) is 2.04. The fraction of sp³-hybridized carbons (Fsp3) is 0.455. The van der Waals surface area contributed by atoms with Crippen LogP contribution in [0, 0.1) is 0 Å². The van der Waals surface area contributed by atoms with Crippen LogP contribution in [-0.2, 0) is 12.8 Å². The minimum Gasteiger partial charge on any atom is -0.285 e. The van der Waals surface area contributed by atoms with Gasteiger partial charge in [-0.2, -0.15) is 10.2 Å². The van der Waals surface area contributed by atoms with Crippen LogP contribution in [0.1, 0.15) is 36.7 Å². The highest BCUT2D eigenvalue weighted by Gasteiger charge is 2.05. The predicted molar refractivity (Wildman–Crippen MR) is 58.7 cm³/mol. The second kappa shape index (κ2) is 4.29. The molecule has 0 saturated heterocycles. The zero-order valence-electron chi connectivity index (χ0n) is 9.12. The molecule has 2 aromatic heterocycles. The Morgan fingerprint density at radius 2 is 2.20 bits per heavy atom. The smallest absolute Gasteiger partial charge is 0.0650 e. The van der Waals surface area contributed by atoms with E-state index in [2.05, 4.69) is 40.3 Å². The number of hydrogen-bond acceptors (Lipinski definition) is 2. The quantitative estimate of drug-likeness (QED) is 0.800. The fourth-order valence-electron chi connectivity index (χ4n) is 1.50. The summed E-state index contributed by atoms with van der Waals surface area (Å²) < 4.78 is 0. The summed E-state index contributed by atoms with van der Waals surface area (Å²) in [4.78, 5) is 0. The molecule has 0 bridgehead atoms. The molecule has 4 nitrogen and oxygen atoms in total. The summed E-state index contributed by atoms with van der Waals surface area (Å²) in [5.41, 5.74) is 3.56. The summed E-state index contributed by atoms with van der Waals surface area (Å²) in [6, 6.07) is 2.14. The first kappa shape index (κ1) is 9.96. The standard InChI is InChI=1S/C11H16N4/c1-8(2)11-5-10(14-15-11)4-3-9-6-12-13-7-9/h5-8H,3-4H2,1-2H3,(H,12,13)(H,14,15). The molecular weight excluding hydrogens is 188 g/mol. The lowest BCUT2D eigenvalue weighted by Gasteiger charge is -1.95. The van der Waals surface area contributed by atoms with E-state index in [0.29, 0.717) is 5.92 Å². The van der Waals surface area contributed by atoms with Gasteiger partial charge in [-0.15, -0.1) is 0 Å². The van der Waals surface area contributed by atoms with Gasteiger partial charge in [-0.3, -0.25) is 10.2 Å². The van der Waals surface area contributed by atoms with Crippen LogP contribution in [0.15, 0.2) is 18.5 Å². The molecule has 0 aliphatic rings. The van der Waals surface area contributed by atoms with Crippen molar-refractivity contribution in [2.75, 3.05) is 0 Å². The van der Waals surface area contributed by atoms with Crippen molar-refractivity contribution in [1.82, 2.24) is 20.4 Å². The molecule has 0 atom stereocenters. The summed E-state index contributed by atoms with van der Waals surface area (Å²) in [6.07, 6.45) is 5.77. The molecule has 4 heteroatoms. The van der Waals surface area contributed by atoms with Crippen molar-refractivity contribution in [3.63, 3.8) is 0 Å². The van der Waals surface area contributed by atoms with E-state index in [9.17, 15) is 0 Å². The van der Waals surface area contributed by atoms with Crippen LogP contribution in [0.5, 0.6) is 0 Å². The van der Waals surface area contributed by atoms with Crippen LogP contribution in [0.3, 0.4) is 0 Å². The molecule has 15 heavy (non-hydrogen) atoms. The van der Waals surface area contributed by atoms with E-state index in [4.69, 9.17) is 0 Å². The molecule has 0 saturated carbocycles. The van der Waals surface area contributed by atoms with E-state index in [1.165, 1.54) is 11.3 Å². The van der Waals surface area contributed by atoms with Gasteiger partial charge in [0.15, 0.2) is 0 Å². The van der Waals surface area contributed by atoms with E-state index in [1.807, 2.05) is 12.4 Å². The molecule has 0 aliphatic carbocycles. The van der Waals surface area contributed by atoms with Crippen molar-refractivity contribution in [2.24, 2.45) is 0 Å². The van der Waals surface area contributed by atoms with E-state index in [-0.39, 0.29) is 0 Å². The SMILES string of the molecule is CC(C)c1cc(CCc2cn[nH]c2)[nH]n1. The van der Waals surface area contributed by atoms with Crippen molar-refractivity contribution in [3.05, 3.63) is 35.4 Å². The van der Waals surface area contributed by atoms with Crippen LogP contribution in [0.25, 0.3) is 0 Å². The van der Waals surface area contributed by atoms with Gasteiger partial charge in [0.05, 0.1) is 11.9 Å². The molecule has 2 rings (SSSR count). The summed E-state index contributed by atoms with van der Waals surface area (Å²) in [5.74, 6) is 0.490. The van der Waals surface area contributed by atoms with Gasteiger partial charge in [-0.05, 0) is 30.4 Å². The summed E-state index contributed by atoms with van der Waals surface area (Å²) in [5, 5.41) is 14.1. The van der Waals surface area contributed by atoms with Crippen molar-refractivity contribution in [3.8, 4) is 0 Å². The van der Waals surface area contributed by atoms with Gasteiger partial charge in [0.2, 0.25) is 0 Å². The second-order valence-corrected chi connectivity index (χ2v) is 4.08. The molecule has 0 aliphatic heterocycles. The van der Waals surface area contributed by atoms with Gasteiger partial charge in [0.25, 0.3) is 0 Å². The van der Waals surface area contributed by atoms with Crippen LogP contribution in [0.2, 0.25) is 0 Å². The highest BCUT2D eigenvalue weighted by atomic mass is 15.1. The number of aryl methyl sites for hydroxylation is 2. The lowest BCUT2D eigenvalue weighted by molar-refractivity contribution is 0.806. The largest absolute Gasteiger partial charge is 0.285 e. The van der Waals surface area contributed by atoms with Gasteiger partial charge in [-0.25, -0.2) is 0 Å².